The number of imidazole rings is 2. The molecule has 0 spiro atoms. The molecule has 0 aliphatic heterocycles. The Hall–Kier alpha value is -4.98. The van der Waals surface area contributed by atoms with Gasteiger partial charge in [0.2, 0.25) is 0 Å². The van der Waals surface area contributed by atoms with Crippen molar-refractivity contribution >= 4 is 28.2 Å². The standard InChI is InChI=1S/C33H29FN4O3/c1-4-7-30-36-31-20(2)16-23(32-35-26-18-24(34)14-15-27(26)37(32)3)17-28(31)38(30)19-21-10-12-22(13-11-21)25-8-5-6-9-29(25)41-33(39)40/h5-6,8-18H,4,7,19H2,1-3H3,(H,39,40). The smallest absolute Gasteiger partial charge is 0.449 e. The van der Waals surface area contributed by atoms with Gasteiger partial charge in [-0.05, 0) is 60.4 Å². The monoisotopic (exact) mass is 548 g/mol. The molecule has 0 aliphatic carbocycles. The molecule has 0 fully saturated rings. The Morgan fingerprint density at radius 1 is 0.951 bits per heavy atom. The van der Waals surface area contributed by atoms with Gasteiger partial charge in [-0.3, -0.25) is 0 Å². The van der Waals surface area contributed by atoms with E-state index in [1.807, 2.05) is 48.0 Å². The van der Waals surface area contributed by atoms with Crippen molar-refractivity contribution < 1.29 is 19.0 Å². The number of fused-ring (bicyclic) bond motifs is 2. The molecule has 0 amide bonds. The van der Waals surface area contributed by atoms with Crippen LogP contribution in [-0.2, 0) is 20.0 Å². The number of aryl methyl sites for hydroxylation is 3. The SMILES string of the molecule is CCCc1nc2c(C)cc(-c3nc4cc(F)ccc4n3C)cc2n1Cc1ccc(-c2ccccc2OC(=O)O)cc1. The molecule has 0 saturated carbocycles. The second-order valence-electron chi connectivity index (χ2n) is 10.2. The highest BCUT2D eigenvalue weighted by Gasteiger charge is 2.18. The summed E-state index contributed by atoms with van der Waals surface area (Å²) in [5.41, 5.74) is 8.13. The second kappa shape index (κ2) is 10.5. The number of para-hydroxylation sites is 1. The van der Waals surface area contributed by atoms with E-state index in [2.05, 4.69) is 30.5 Å². The minimum Gasteiger partial charge on any atom is -0.449 e. The number of halogens is 1. The second-order valence-corrected chi connectivity index (χ2v) is 10.2. The van der Waals surface area contributed by atoms with Crippen LogP contribution < -0.4 is 4.74 Å². The highest BCUT2D eigenvalue weighted by atomic mass is 19.1. The fourth-order valence-electron chi connectivity index (χ4n) is 5.45. The molecule has 6 rings (SSSR count). The number of carboxylic acid groups (broad SMARTS) is 1. The molecular weight excluding hydrogens is 519 g/mol. The third kappa shape index (κ3) is 4.93. The van der Waals surface area contributed by atoms with E-state index in [9.17, 15) is 9.18 Å². The van der Waals surface area contributed by atoms with Crippen molar-refractivity contribution in [2.75, 3.05) is 0 Å². The molecule has 206 valence electrons. The van der Waals surface area contributed by atoms with Crippen LogP contribution in [0.15, 0.2) is 78.9 Å². The van der Waals surface area contributed by atoms with Crippen LogP contribution in [0.25, 0.3) is 44.6 Å². The molecule has 8 heteroatoms. The maximum absolute atomic E-state index is 13.9. The summed E-state index contributed by atoms with van der Waals surface area (Å²) in [5, 5.41) is 9.11. The van der Waals surface area contributed by atoms with E-state index in [4.69, 9.17) is 19.8 Å². The summed E-state index contributed by atoms with van der Waals surface area (Å²) in [6.45, 7) is 4.83. The van der Waals surface area contributed by atoms with Gasteiger partial charge in [-0.1, -0.05) is 49.4 Å². The first-order valence-electron chi connectivity index (χ1n) is 13.5. The Labute approximate surface area is 236 Å². The highest BCUT2D eigenvalue weighted by Crippen LogP contribution is 2.32. The quantitative estimate of drug-likeness (QED) is 0.163. The first kappa shape index (κ1) is 26.3. The van der Waals surface area contributed by atoms with E-state index in [1.54, 1.807) is 18.2 Å². The van der Waals surface area contributed by atoms with E-state index in [1.165, 1.54) is 12.1 Å². The lowest BCUT2D eigenvalue weighted by molar-refractivity contribution is 0.144. The van der Waals surface area contributed by atoms with Crippen LogP contribution in [0.4, 0.5) is 9.18 Å². The number of benzene rings is 4. The molecule has 41 heavy (non-hydrogen) atoms. The molecule has 0 aliphatic rings. The lowest BCUT2D eigenvalue weighted by Crippen LogP contribution is -2.06. The van der Waals surface area contributed by atoms with Crippen LogP contribution in [0, 0.1) is 12.7 Å². The van der Waals surface area contributed by atoms with Gasteiger partial charge in [-0.2, -0.15) is 0 Å². The number of hydrogen-bond acceptors (Lipinski definition) is 4. The largest absolute Gasteiger partial charge is 0.511 e. The molecule has 2 aromatic heterocycles. The first-order valence-corrected chi connectivity index (χ1v) is 13.5. The number of carbonyl (C=O) groups is 1. The fourth-order valence-corrected chi connectivity index (χ4v) is 5.45. The van der Waals surface area contributed by atoms with Crippen LogP contribution in [0.3, 0.4) is 0 Å². The molecule has 0 bridgehead atoms. The van der Waals surface area contributed by atoms with Crippen LogP contribution in [0.1, 0.15) is 30.3 Å². The van der Waals surface area contributed by atoms with Crippen molar-refractivity contribution in [3.8, 4) is 28.3 Å². The maximum atomic E-state index is 13.9. The van der Waals surface area contributed by atoms with E-state index in [0.29, 0.717) is 23.4 Å². The predicted octanol–water partition coefficient (Wildman–Crippen LogP) is 7.76. The molecule has 6 aromatic rings. The number of hydrogen-bond donors (Lipinski definition) is 1. The molecule has 0 saturated heterocycles. The van der Waals surface area contributed by atoms with Gasteiger partial charge in [0.25, 0.3) is 0 Å². The van der Waals surface area contributed by atoms with Crippen LogP contribution >= 0.6 is 0 Å². The van der Waals surface area contributed by atoms with Crippen molar-refractivity contribution in [1.29, 1.82) is 0 Å². The summed E-state index contributed by atoms with van der Waals surface area (Å²) in [6, 6.07) is 24.0. The van der Waals surface area contributed by atoms with Gasteiger partial charge in [0.15, 0.2) is 0 Å². The fraction of sp³-hybridized carbons (Fsp3) is 0.182. The Morgan fingerprint density at radius 2 is 1.73 bits per heavy atom. The minimum atomic E-state index is -1.34. The lowest BCUT2D eigenvalue weighted by Gasteiger charge is -2.12. The molecule has 0 atom stereocenters. The van der Waals surface area contributed by atoms with Gasteiger partial charge in [-0.15, -0.1) is 0 Å². The van der Waals surface area contributed by atoms with Gasteiger partial charge >= 0.3 is 6.16 Å². The summed E-state index contributed by atoms with van der Waals surface area (Å²) in [7, 11) is 1.95. The molecular formula is C33H29FN4O3. The lowest BCUT2D eigenvalue weighted by atomic mass is 10.0. The number of ether oxygens (including phenoxy) is 1. The average molecular weight is 549 g/mol. The number of nitrogens with zero attached hydrogens (tertiary/aromatic N) is 4. The van der Waals surface area contributed by atoms with Gasteiger partial charge in [0, 0.05) is 37.2 Å². The summed E-state index contributed by atoms with van der Waals surface area (Å²) < 4.78 is 23.1. The molecule has 0 radical (unpaired) electrons. The minimum absolute atomic E-state index is 0.297. The third-order valence-corrected chi connectivity index (χ3v) is 7.39. The highest BCUT2D eigenvalue weighted by molar-refractivity contribution is 5.87. The third-order valence-electron chi connectivity index (χ3n) is 7.39. The Morgan fingerprint density at radius 3 is 2.49 bits per heavy atom. The van der Waals surface area contributed by atoms with Crippen LogP contribution in [-0.4, -0.2) is 30.4 Å². The van der Waals surface area contributed by atoms with Crippen molar-refractivity contribution in [1.82, 2.24) is 19.1 Å². The van der Waals surface area contributed by atoms with E-state index in [-0.39, 0.29) is 5.82 Å². The van der Waals surface area contributed by atoms with Gasteiger partial charge in [0.1, 0.15) is 23.2 Å². The number of rotatable bonds is 7. The zero-order valence-corrected chi connectivity index (χ0v) is 23.1. The van der Waals surface area contributed by atoms with E-state index >= 15 is 0 Å². The summed E-state index contributed by atoms with van der Waals surface area (Å²) in [4.78, 5) is 20.9. The molecule has 7 nitrogen and oxygen atoms in total. The van der Waals surface area contributed by atoms with Crippen molar-refractivity contribution in [2.45, 2.75) is 33.2 Å². The van der Waals surface area contributed by atoms with Crippen LogP contribution in [0.5, 0.6) is 5.75 Å². The molecule has 2 heterocycles. The van der Waals surface area contributed by atoms with Crippen LogP contribution in [0.2, 0.25) is 0 Å². The first-order chi connectivity index (χ1) is 19.8. The summed E-state index contributed by atoms with van der Waals surface area (Å²) >= 11 is 0. The van der Waals surface area contributed by atoms with Crippen molar-refractivity contribution in [3.05, 3.63) is 102 Å². The molecule has 0 unspecified atom stereocenters. The summed E-state index contributed by atoms with van der Waals surface area (Å²) in [5.74, 6) is 1.78. The summed E-state index contributed by atoms with van der Waals surface area (Å²) in [6.07, 6.45) is 0.461. The van der Waals surface area contributed by atoms with Gasteiger partial charge in [-0.25, -0.2) is 19.2 Å². The Balaban J connectivity index is 1.40. The van der Waals surface area contributed by atoms with E-state index in [0.717, 1.165) is 63.3 Å². The Kier molecular flexibility index (Phi) is 6.75. The number of aromatic nitrogens is 4. The molecule has 1 N–H and O–H groups in total. The average Bonchev–Trinajstić information content (AvgIpc) is 3.46. The molecule has 4 aromatic carbocycles. The predicted molar refractivity (Wildman–Crippen MR) is 158 cm³/mol. The topological polar surface area (TPSA) is 82.2 Å². The van der Waals surface area contributed by atoms with Crippen molar-refractivity contribution in [3.63, 3.8) is 0 Å². The van der Waals surface area contributed by atoms with Gasteiger partial charge < -0.3 is 19.0 Å². The zero-order chi connectivity index (χ0) is 28.7. The Bertz CT molecular complexity index is 1920. The normalized spacial score (nSPS) is 11.4. The van der Waals surface area contributed by atoms with Gasteiger partial charge in [0.05, 0.1) is 22.1 Å². The van der Waals surface area contributed by atoms with E-state index < -0.39 is 6.16 Å². The van der Waals surface area contributed by atoms with Crippen molar-refractivity contribution in [2.24, 2.45) is 7.05 Å². The maximum Gasteiger partial charge on any atom is 0.511 e. The zero-order valence-electron chi connectivity index (χ0n) is 23.1.